The molecule has 1 aromatic rings. The molecule has 140 valence electrons. The Morgan fingerprint density at radius 2 is 1.92 bits per heavy atom. The van der Waals surface area contributed by atoms with Crippen LogP contribution in [0.1, 0.15) is 57.6 Å². The molecule has 0 aliphatic heterocycles. The molecule has 0 radical (unpaired) electrons. The number of benzene rings is 1. The number of phenolic OH excluding ortho intramolecular Hbond substituents is 1. The van der Waals surface area contributed by atoms with E-state index in [-0.39, 0.29) is 12.3 Å². The first-order valence-corrected chi connectivity index (χ1v) is 8.82. The molecule has 0 atom stereocenters. The SMILES string of the molecule is CCc1cc(CCN=O)c(O)cc1OCCCCCC(C)(C)C(=O)O. The second-order valence-electron chi connectivity index (χ2n) is 6.89. The van der Waals surface area contributed by atoms with Crippen LogP contribution in [0.5, 0.6) is 11.5 Å². The molecule has 2 N–H and O–H groups in total. The van der Waals surface area contributed by atoms with E-state index in [1.165, 1.54) is 0 Å². The van der Waals surface area contributed by atoms with Gasteiger partial charge in [-0.2, -0.15) is 4.91 Å². The Labute approximate surface area is 149 Å². The predicted molar refractivity (Wildman–Crippen MR) is 97.2 cm³/mol. The van der Waals surface area contributed by atoms with E-state index in [4.69, 9.17) is 9.84 Å². The number of rotatable bonds is 12. The highest BCUT2D eigenvalue weighted by molar-refractivity contribution is 5.73. The smallest absolute Gasteiger partial charge is 0.309 e. The van der Waals surface area contributed by atoms with Gasteiger partial charge in [-0.05, 0) is 56.7 Å². The second-order valence-corrected chi connectivity index (χ2v) is 6.89. The van der Waals surface area contributed by atoms with Gasteiger partial charge in [-0.1, -0.05) is 24.9 Å². The highest BCUT2D eigenvalue weighted by Gasteiger charge is 2.25. The summed E-state index contributed by atoms with van der Waals surface area (Å²) in [4.78, 5) is 21.3. The maximum Gasteiger partial charge on any atom is 0.309 e. The van der Waals surface area contributed by atoms with Gasteiger partial charge in [-0.25, -0.2) is 0 Å². The van der Waals surface area contributed by atoms with E-state index >= 15 is 0 Å². The topological polar surface area (TPSA) is 96.2 Å². The molecule has 0 aliphatic rings. The van der Waals surface area contributed by atoms with E-state index in [1.807, 2.05) is 13.0 Å². The van der Waals surface area contributed by atoms with Crippen molar-refractivity contribution < 1.29 is 19.7 Å². The number of aromatic hydroxyl groups is 1. The van der Waals surface area contributed by atoms with E-state index in [0.717, 1.165) is 31.2 Å². The number of aryl methyl sites for hydroxylation is 1. The zero-order chi connectivity index (χ0) is 18.9. The van der Waals surface area contributed by atoms with Crippen molar-refractivity contribution in [3.8, 4) is 11.5 Å². The number of phenols is 1. The van der Waals surface area contributed by atoms with Crippen LogP contribution < -0.4 is 4.74 Å². The van der Waals surface area contributed by atoms with Gasteiger partial charge in [0.25, 0.3) is 0 Å². The van der Waals surface area contributed by atoms with Gasteiger partial charge in [0, 0.05) is 6.07 Å². The second kappa shape index (κ2) is 10.0. The lowest BCUT2D eigenvalue weighted by molar-refractivity contribution is -0.147. The van der Waals surface area contributed by atoms with Gasteiger partial charge in [-0.15, -0.1) is 0 Å². The molecule has 1 aromatic carbocycles. The monoisotopic (exact) mass is 351 g/mol. The molecule has 0 bridgehead atoms. The van der Waals surface area contributed by atoms with Gasteiger partial charge in [-0.3, -0.25) is 4.79 Å². The molecule has 6 heteroatoms. The fraction of sp³-hybridized carbons (Fsp3) is 0.632. The van der Waals surface area contributed by atoms with Gasteiger partial charge >= 0.3 is 5.97 Å². The number of nitrogens with zero attached hydrogens (tertiary/aromatic N) is 1. The van der Waals surface area contributed by atoms with E-state index in [1.54, 1.807) is 19.9 Å². The molecule has 0 heterocycles. The van der Waals surface area contributed by atoms with Gasteiger partial charge in [0.05, 0.1) is 18.6 Å². The minimum atomic E-state index is -0.767. The Kier molecular flexibility index (Phi) is 8.38. The summed E-state index contributed by atoms with van der Waals surface area (Å²) in [7, 11) is 0. The third-order valence-electron chi connectivity index (χ3n) is 4.40. The van der Waals surface area contributed by atoms with Crippen molar-refractivity contribution in [2.24, 2.45) is 10.6 Å². The third-order valence-corrected chi connectivity index (χ3v) is 4.40. The molecule has 0 amide bonds. The van der Waals surface area contributed by atoms with Gasteiger partial charge < -0.3 is 14.9 Å². The zero-order valence-electron chi connectivity index (χ0n) is 15.4. The van der Waals surface area contributed by atoms with Gasteiger partial charge in [0.2, 0.25) is 0 Å². The normalized spacial score (nSPS) is 11.3. The van der Waals surface area contributed by atoms with Gasteiger partial charge in [0.15, 0.2) is 0 Å². The van der Waals surface area contributed by atoms with Crippen LogP contribution in [0, 0.1) is 10.3 Å². The summed E-state index contributed by atoms with van der Waals surface area (Å²) in [5.74, 6) is 0.0180. The van der Waals surface area contributed by atoms with Crippen molar-refractivity contribution in [3.63, 3.8) is 0 Å². The molecule has 0 aromatic heterocycles. The van der Waals surface area contributed by atoms with E-state index < -0.39 is 11.4 Å². The molecule has 25 heavy (non-hydrogen) atoms. The highest BCUT2D eigenvalue weighted by atomic mass is 16.5. The summed E-state index contributed by atoms with van der Waals surface area (Å²) in [6.07, 6.45) is 4.39. The van der Waals surface area contributed by atoms with Crippen molar-refractivity contribution in [2.45, 2.75) is 59.3 Å². The first kappa shape index (κ1) is 20.9. The van der Waals surface area contributed by atoms with Crippen LogP contribution in [0.25, 0.3) is 0 Å². The van der Waals surface area contributed by atoms with Crippen LogP contribution in [0.3, 0.4) is 0 Å². The molecule has 0 aliphatic carbocycles. The molecular weight excluding hydrogens is 322 g/mol. The molecule has 0 unspecified atom stereocenters. The lowest BCUT2D eigenvalue weighted by Crippen LogP contribution is -2.23. The summed E-state index contributed by atoms with van der Waals surface area (Å²) in [6.45, 7) is 6.15. The minimum Gasteiger partial charge on any atom is -0.508 e. The molecule has 0 fully saturated rings. The zero-order valence-corrected chi connectivity index (χ0v) is 15.4. The Morgan fingerprint density at radius 3 is 2.52 bits per heavy atom. The lowest BCUT2D eigenvalue weighted by Gasteiger charge is -2.18. The number of carbonyl (C=O) groups is 1. The first-order valence-electron chi connectivity index (χ1n) is 8.82. The van der Waals surface area contributed by atoms with E-state index in [2.05, 4.69) is 5.18 Å². The number of nitroso groups, excluding NO2 is 1. The number of hydrogen-bond acceptors (Lipinski definition) is 5. The van der Waals surface area contributed by atoms with Gasteiger partial charge in [0.1, 0.15) is 11.5 Å². The minimum absolute atomic E-state index is 0.124. The Hall–Kier alpha value is -2.11. The quantitative estimate of drug-likeness (QED) is 0.432. The van der Waals surface area contributed by atoms with E-state index in [0.29, 0.717) is 30.8 Å². The van der Waals surface area contributed by atoms with Crippen molar-refractivity contribution in [2.75, 3.05) is 13.2 Å². The summed E-state index contributed by atoms with van der Waals surface area (Å²) in [5, 5.41) is 21.9. The Balaban J connectivity index is 2.48. The van der Waals surface area contributed by atoms with Crippen molar-refractivity contribution in [1.29, 1.82) is 0 Å². The fourth-order valence-electron chi connectivity index (χ4n) is 2.58. The molecule has 0 spiro atoms. The van der Waals surface area contributed by atoms with Crippen molar-refractivity contribution >= 4 is 5.97 Å². The average Bonchev–Trinajstić information content (AvgIpc) is 2.56. The number of carboxylic acids is 1. The van der Waals surface area contributed by atoms with Crippen LogP contribution in [-0.2, 0) is 17.6 Å². The molecule has 1 rings (SSSR count). The third kappa shape index (κ3) is 6.72. The largest absolute Gasteiger partial charge is 0.508 e. The first-order chi connectivity index (χ1) is 11.8. The lowest BCUT2D eigenvalue weighted by atomic mass is 9.87. The number of carboxylic acid groups (broad SMARTS) is 1. The van der Waals surface area contributed by atoms with Crippen molar-refractivity contribution in [1.82, 2.24) is 0 Å². The van der Waals surface area contributed by atoms with Crippen LogP contribution >= 0.6 is 0 Å². The maximum atomic E-state index is 11.1. The maximum absolute atomic E-state index is 11.1. The molecule has 6 nitrogen and oxygen atoms in total. The summed E-state index contributed by atoms with van der Waals surface area (Å²) < 4.78 is 5.79. The Morgan fingerprint density at radius 1 is 1.20 bits per heavy atom. The summed E-state index contributed by atoms with van der Waals surface area (Å²) >= 11 is 0. The summed E-state index contributed by atoms with van der Waals surface area (Å²) in [6, 6.07) is 3.47. The number of aliphatic carboxylic acids is 1. The number of unbranched alkanes of at least 4 members (excludes halogenated alkanes) is 2. The number of hydrogen-bond donors (Lipinski definition) is 2. The van der Waals surface area contributed by atoms with Crippen LogP contribution in [0.15, 0.2) is 17.3 Å². The summed E-state index contributed by atoms with van der Waals surface area (Å²) in [5.41, 5.74) is 1.01. The average molecular weight is 351 g/mol. The predicted octanol–water partition coefficient (Wildman–Crippen LogP) is 4.31. The van der Waals surface area contributed by atoms with E-state index in [9.17, 15) is 14.8 Å². The molecule has 0 saturated carbocycles. The highest BCUT2D eigenvalue weighted by Crippen LogP contribution is 2.30. The van der Waals surface area contributed by atoms with Crippen LogP contribution in [0.2, 0.25) is 0 Å². The van der Waals surface area contributed by atoms with Crippen molar-refractivity contribution in [3.05, 3.63) is 28.2 Å². The Bertz CT molecular complexity index is 583. The standard InChI is InChI=1S/C19H29NO5/c1-4-14-12-15(8-10-20-24)16(21)13-17(14)25-11-7-5-6-9-19(2,3)18(22)23/h12-13,21H,4-11H2,1-3H3,(H,22,23). The molecule has 0 saturated heterocycles. The van der Waals surface area contributed by atoms with Crippen LogP contribution in [-0.4, -0.2) is 29.3 Å². The number of ether oxygens (including phenoxy) is 1. The molecular formula is C19H29NO5. The van der Waals surface area contributed by atoms with Crippen LogP contribution in [0.4, 0.5) is 0 Å². The fourth-order valence-corrected chi connectivity index (χ4v) is 2.58.